The van der Waals surface area contributed by atoms with E-state index in [4.69, 9.17) is 0 Å². The van der Waals surface area contributed by atoms with Gasteiger partial charge in [0.1, 0.15) is 5.82 Å². The van der Waals surface area contributed by atoms with E-state index in [0.29, 0.717) is 14.8 Å². The van der Waals surface area contributed by atoms with Crippen molar-refractivity contribution in [2.45, 2.75) is 25.1 Å². The summed E-state index contributed by atoms with van der Waals surface area (Å²) in [6, 6.07) is 7.74. The summed E-state index contributed by atoms with van der Waals surface area (Å²) in [6.07, 6.45) is 0.669. The number of carbonyl (C=O) groups excluding carboxylic acids is 1. The van der Waals surface area contributed by atoms with Crippen LogP contribution in [0.5, 0.6) is 0 Å². The van der Waals surface area contributed by atoms with E-state index in [9.17, 15) is 18.0 Å². The minimum Gasteiger partial charge on any atom is -0.345 e. The first-order valence-electron chi connectivity index (χ1n) is 10.6. The fraction of sp³-hybridized carbons (Fsp3) is 0.261. The number of aromatic nitrogens is 4. The Morgan fingerprint density at radius 3 is 2.56 bits per heavy atom. The van der Waals surface area contributed by atoms with Gasteiger partial charge in [0.05, 0.1) is 41.3 Å². The number of benzene rings is 2. The number of hydrogen-bond donors (Lipinski definition) is 1. The molecule has 1 amide bonds. The predicted octanol–water partition coefficient (Wildman–Crippen LogP) is 5.63. The largest absolute Gasteiger partial charge is 0.434 e. The highest BCUT2D eigenvalue weighted by atomic mass is 127. The van der Waals surface area contributed by atoms with E-state index in [2.05, 4.69) is 15.0 Å². The smallest absolute Gasteiger partial charge is 0.345 e. The number of β-lactam (4-membered cyclic amide) rings is 1. The van der Waals surface area contributed by atoms with Crippen molar-refractivity contribution < 1.29 is 22.4 Å². The summed E-state index contributed by atoms with van der Waals surface area (Å²) in [5, 5.41) is 0. The van der Waals surface area contributed by atoms with Crippen LogP contribution in [0.2, 0.25) is 0 Å². The molecule has 6 nitrogen and oxygen atoms in total. The second-order valence-corrected chi connectivity index (χ2v) is 9.77. The average Bonchev–Trinajstić information content (AvgIpc) is 3.26. The lowest BCUT2D eigenvalue weighted by Gasteiger charge is -2.48. The standard InChI is InChI=1S/C23H16F4IN5O/c24-14-5-13(32-8-18(31-10-32)23(25,26)27)6-15(28)20(14)21-19(11-1-2-11)22(34)33(21)12-3-4-16-17(7-12)30-9-29-16/h3-11,19,21H,1-2H2,(H,29,30)/t19-,21-/m1/s1. The lowest BCUT2D eigenvalue weighted by Crippen LogP contribution is -2.56. The van der Waals surface area contributed by atoms with Gasteiger partial charge < -0.3 is 14.5 Å². The number of aromatic amines is 1. The van der Waals surface area contributed by atoms with Crippen LogP contribution in [0.15, 0.2) is 49.2 Å². The summed E-state index contributed by atoms with van der Waals surface area (Å²) in [6.45, 7) is 0. The van der Waals surface area contributed by atoms with Crippen molar-refractivity contribution in [3.05, 3.63) is 69.8 Å². The number of rotatable bonds is 4. The number of alkyl halides is 3. The minimum absolute atomic E-state index is 0.0462. The fourth-order valence-corrected chi connectivity index (χ4v) is 5.60. The number of hydrogen-bond acceptors (Lipinski definition) is 3. The van der Waals surface area contributed by atoms with Crippen LogP contribution in [0.3, 0.4) is 0 Å². The molecule has 4 aromatic rings. The van der Waals surface area contributed by atoms with E-state index >= 15 is 4.39 Å². The van der Waals surface area contributed by atoms with Crippen molar-refractivity contribution in [3.63, 3.8) is 0 Å². The Balaban J connectivity index is 1.41. The molecule has 1 saturated heterocycles. The summed E-state index contributed by atoms with van der Waals surface area (Å²) in [4.78, 5) is 25.4. The number of carbonyl (C=O) groups is 1. The van der Waals surface area contributed by atoms with Crippen LogP contribution in [0.1, 0.15) is 30.1 Å². The Kier molecular flexibility index (Phi) is 4.77. The second-order valence-electron chi connectivity index (χ2n) is 8.61. The second kappa shape index (κ2) is 7.52. The summed E-state index contributed by atoms with van der Waals surface area (Å²) < 4.78 is 56.1. The molecular weight excluding hydrogens is 565 g/mol. The fourth-order valence-electron chi connectivity index (χ4n) is 4.71. The first-order valence-corrected chi connectivity index (χ1v) is 11.7. The van der Waals surface area contributed by atoms with Crippen LogP contribution in [-0.4, -0.2) is 25.4 Å². The third-order valence-corrected chi connectivity index (χ3v) is 7.38. The number of nitrogens with zero attached hydrogens (tertiary/aromatic N) is 4. The van der Waals surface area contributed by atoms with Crippen molar-refractivity contribution in [1.29, 1.82) is 0 Å². The van der Waals surface area contributed by atoms with Crippen molar-refractivity contribution in [2.75, 3.05) is 4.90 Å². The van der Waals surface area contributed by atoms with Crippen molar-refractivity contribution in [2.24, 2.45) is 11.8 Å². The predicted molar refractivity (Wildman–Crippen MR) is 124 cm³/mol. The van der Waals surface area contributed by atoms with Crippen LogP contribution in [0.4, 0.5) is 23.2 Å². The molecule has 0 radical (unpaired) electrons. The summed E-state index contributed by atoms with van der Waals surface area (Å²) >= 11 is 1.99. The van der Waals surface area contributed by atoms with Gasteiger partial charge in [-0.05, 0) is 71.7 Å². The number of fused-ring (bicyclic) bond motifs is 1. The molecule has 0 bridgehead atoms. The normalized spacial score (nSPS) is 20.7. The van der Waals surface area contributed by atoms with Gasteiger partial charge in [0, 0.05) is 21.0 Å². The number of anilines is 1. The maximum atomic E-state index is 15.6. The molecule has 0 unspecified atom stereocenters. The molecule has 2 aromatic carbocycles. The van der Waals surface area contributed by atoms with Crippen molar-refractivity contribution in [1.82, 2.24) is 19.5 Å². The molecule has 1 N–H and O–H groups in total. The topological polar surface area (TPSA) is 66.8 Å². The molecule has 2 atom stereocenters. The maximum absolute atomic E-state index is 15.6. The van der Waals surface area contributed by atoms with Gasteiger partial charge in [0.25, 0.3) is 0 Å². The Labute approximate surface area is 204 Å². The monoisotopic (exact) mass is 581 g/mol. The Morgan fingerprint density at radius 2 is 1.88 bits per heavy atom. The summed E-state index contributed by atoms with van der Waals surface area (Å²) in [7, 11) is 0. The molecule has 2 aliphatic rings. The van der Waals surface area contributed by atoms with E-state index in [1.165, 1.54) is 6.07 Å². The highest BCUT2D eigenvalue weighted by molar-refractivity contribution is 14.1. The third kappa shape index (κ3) is 3.39. The molecule has 1 aliphatic carbocycles. The first kappa shape index (κ1) is 21.6. The molecule has 1 aliphatic heterocycles. The quantitative estimate of drug-likeness (QED) is 0.193. The highest BCUT2D eigenvalue weighted by Gasteiger charge is 2.56. The molecule has 2 fully saturated rings. The van der Waals surface area contributed by atoms with Crippen molar-refractivity contribution >= 4 is 45.2 Å². The number of halogens is 5. The van der Waals surface area contributed by atoms with Gasteiger partial charge in [-0.1, -0.05) is 0 Å². The van der Waals surface area contributed by atoms with E-state index < -0.39 is 23.7 Å². The van der Waals surface area contributed by atoms with Gasteiger partial charge in [-0.3, -0.25) is 4.79 Å². The molecule has 11 heteroatoms. The van der Waals surface area contributed by atoms with Crippen LogP contribution >= 0.6 is 22.6 Å². The van der Waals surface area contributed by atoms with Gasteiger partial charge in [0.2, 0.25) is 5.91 Å². The Morgan fingerprint density at radius 1 is 1.09 bits per heavy atom. The van der Waals surface area contributed by atoms with Crippen LogP contribution in [0.25, 0.3) is 16.7 Å². The molecule has 0 spiro atoms. The zero-order valence-electron chi connectivity index (χ0n) is 17.4. The van der Waals surface area contributed by atoms with E-state index in [-0.39, 0.29) is 23.4 Å². The number of nitrogens with one attached hydrogen (secondary N) is 1. The van der Waals surface area contributed by atoms with Crippen LogP contribution < -0.4 is 4.90 Å². The average molecular weight is 581 g/mol. The lowest BCUT2D eigenvalue weighted by molar-refractivity contribution is -0.141. The molecule has 2 aromatic heterocycles. The highest BCUT2D eigenvalue weighted by Crippen LogP contribution is 2.55. The number of amides is 1. The number of imidazole rings is 2. The van der Waals surface area contributed by atoms with Crippen LogP contribution in [-0.2, 0) is 11.0 Å². The minimum atomic E-state index is -4.59. The maximum Gasteiger partial charge on any atom is 0.434 e. The van der Waals surface area contributed by atoms with Gasteiger partial charge >= 0.3 is 6.18 Å². The van der Waals surface area contributed by atoms with Gasteiger partial charge in [-0.25, -0.2) is 14.4 Å². The number of H-pyrrole nitrogens is 1. The zero-order valence-corrected chi connectivity index (χ0v) is 19.5. The van der Waals surface area contributed by atoms with Gasteiger partial charge in [-0.2, -0.15) is 13.2 Å². The van der Waals surface area contributed by atoms with E-state index in [1.54, 1.807) is 29.4 Å². The molecular formula is C23H16F4IN5O. The molecule has 1 saturated carbocycles. The van der Waals surface area contributed by atoms with E-state index in [1.807, 2.05) is 28.7 Å². The van der Waals surface area contributed by atoms with E-state index in [0.717, 1.165) is 41.0 Å². The summed E-state index contributed by atoms with van der Waals surface area (Å²) in [5.41, 5.74) is 1.73. The lowest BCUT2D eigenvalue weighted by atomic mass is 9.78. The molecule has 174 valence electrons. The Bertz CT molecular complexity index is 1420. The van der Waals surface area contributed by atoms with Crippen LogP contribution in [0, 0.1) is 21.2 Å². The summed E-state index contributed by atoms with van der Waals surface area (Å²) in [5.74, 6) is -0.728. The van der Waals surface area contributed by atoms with Gasteiger partial charge in [0.15, 0.2) is 5.69 Å². The first-order chi connectivity index (χ1) is 16.2. The molecule has 34 heavy (non-hydrogen) atoms. The van der Waals surface area contributed by atoms with Crippen molar-refractivity contribution in [3.8, 4) is 5.69 Å². The third-order valence-electron chi connectivity index (χ3n) is 6.48. The SMILES string of the molecule is O=C1[C@H](C2CC2)[C@H](c2c(F)cc(-n3cnc(C(F)(F)F)c3)cc2I)N1c1ccc2nc[nH]c2c1. The Hall–Kier alpha value is -2.96. The molecule has 3 heterocycles. The van der Waals surface area contributed by atoms with Gasteiger partial charge in [-0.15, -0.1) is 0 Å². The zero-order chi connectivity index (χ0) is 23.8. The molecule has 6 rings (SSSR count).